The largest absolute Gasteiger partial charge is 0.336 e. The quantitative estimate of drug-likeness (QED) is 0.851. The molecule has 1 aliphatic carbocycles. The van der Waals surface area contributed by atoms with Crippen molar-refractivity contribution in [1.82, 2.24) is 19.7 Å². The van der Waals surface area contributed by atoms with E-state index >= 15 is 0 Å². The fourth-order valence-electron chi connectivity index (χ4n) is 3.81. The van der Waals surface area contributed by atoms with Crippen LogP contribution in [0.3, 0.4) is 0 Å². The number of carbonyl (C=O) groups is 1. The van der Waals surface area contributed by atoms with E-state index in [0.717, 1.165) is 55.3 Å². The summed E-state index contributed by atoms with van der Waals surface area (Å²) < 4.78 is 2.00. The highest BCUT2D eigenvalue weighted by atomic mass is 32.1. The molecule has 1 unspecified atom stereocenters. The number of likely N-dealkylation sites (tertiary alicyclic amines) is 1. The Hall–Kier alpha value is -1.69. The minimum Gasteiger partial charge on any atom is -0.336 e. The van der Waals surface area contributed by atoms with Gasteiger partial charge in [-0.05, 0) is 57.6 Å². The van der Waals surface area contributed by atoms with Crippen LogP contribution in [-0.4, -0.2) is 38.7 Å². The summed E-state index contributed by atoms with van der Waals surface area (Å²) in [7, 11) is 0. The fourth-order valence-corrected chi connectivity index (χ4v) is 5.03. The summed E-state index contributed by atoms with van der Waals surface area (Å²) in [6, 6.07) is 2.38. The van der Waals surface area contributed by atoms with Gasteiger partial charge in [-0.2, -0.15) is 5.10 Å². The molecule has 3 heterocycles. The van der Waals surface area contributed by atoms with E-state index in [1.807, 2.05) is 23.4 Å². The predicted molar refractivity (Wildman–Crippen MR) is 90.0 cm³/mol. The van der Waals surface area contributed by atoms with Crippen LogP contribution in [0, 0.1) is 13.8 Å². The van der Waals surface area contributed by atoms with Crippen LogP contribution in [0.4, 0.5) is 0 Å². The van der Waals surface area contributed by atoms with E-state index < -0.39 is 0 Å². The maximum absolute atomic E-state index is 12.9. The van der Waals surface area contributed by atoms with Gasteiger partial charge in [0, 0.05) is 18.0 Å². The van der Waals surface area contributed by atoms with Gasteiger partial charge in [-0.3, -0.25) is 4.79 Å². The van der Waals surface area contributed by atoms with Crippen LogP contribution < -0.4 is 0 Å². The molecule has 0 bridgehead atoms. The average molecular weight is 330 g/mol. The van der Waals surface area contributed by atoms with Crippen molar-refractivity contribution in [3.05, 3.63) is 33.0 Å². The summed E-state index contributed by atoms with van der Waals surface area (Å²) >= 11 is 1.70. The van der Waals surface area contributed by atoms with Gasteiger partial charge < -0.3 is 4.90 Å². The monoisotopic (exact) mass is 330 g/mol. The number of nitrogens with zero attached hydrogens (tertiary/aromatic N) is 4. The van der Waals surface area contributed by atoms with Crippen molar-refractivity contribution in [1.29, 1.82) is 0 Å². The maximum atomic E-state index is 12.9. The molecule has 2 aromatic rings. The van der Waals surface area contributed by atoms with Gasteiger partial charge in [0.15, 0.2) is 0 Å². The Kier molecular flexibility index (Phi) is 3.71. The lowest BCUT2D eigenvalue weighted by Gasteiger charge is -2.32. The van der Waals surface area contributed by atoms with Crippen molar-refractivity contribution in [3.63, 3.8) is 0 Å². The van der Waals surface area contributed by atoms with Crippen LogP contribution in [-0.2, 0) is 12.8 Å². The van der Waals surface area contributed by atoms with Gasteiger partial charge in [-0.1, -0.05) is 0 Å². The summed E-state index contributed by atoms with van der Waals surface area (Å²) in [5.74, 6) is 1.95. The Morgan fingerprint density at radius 3 is 2.91 bits per heavy atom. The SMILES string of the molecule is Cc1nc(C)n(C2CCCN(C(=O)c3cc4c(s3)CCC4)C2)n1. The lowest BCUT2D eigenvalue weighted by molar-refractivity contribution is 0.0676. The Morgan fingerprint density at radius 1 is 1.30 bits per heavy atom. The molecule has 0 aromatic carbocycles. The Labute approximate surface area is 140 Å². The molecular weight excluding hydrogens is 308 g/mol. The zero-order valence-electron chi connectivity index (χ0n) is 13.7. The summed E-state index contributed by atoms with van der Waals surface area (Å²) in [6.07, 6.45) is 5.62. The Bertz CT molecular complexity index is 726. The number of hydrogen-bond donors (Lipinski definition) is 0. The second-order valence-electron chi connectivity index (χ2n) is 6.61. The topological polar surface area (TPSA) is 51.0 Å². The highest BCUT2D eigenvalue weighted by molar-refractivity contribution is 7.14. The zero-order valence-corrected chi connectivity index (χ0v) is 14.5. The van der Waals surface area contributed by atoms with Gasteiger partial charge >= 0.3 is 0 Å². The molecule has 122 valence electrons. The van der Waals surface area contributed by atoms with Gasteiger partial charge in [-0.25, -0.2) is 9.67 Å². The molecule has 0 radical (unpaired) electrons. The van der Waals surface area contributed by atoms with Gasteiger partial charge in [0.05, 0.1) is 10.9 Å². The first kappa shape index (κ1) is 14.9. The van der Waals surface area contributed by atoms with Crippen LogP contribution in [0.25, 0.3) is 0 Å². The number of aryl methyl sites for hydroxylation is 4. The number of aromatic nitrogens is 3. The third-order valence-electron chi connectivity index (χ3n) is 4.89. The number of amides is 1. The van der Waals surface area contributed by atoms with Gasteiger partial charge in [-0.15, -0.1) is 11.3 Å². The van der Waals surface area contributed by atoms with E-state index in [2.05, 4.69) is 16.1 Å². The van der Waals surface area contributed by atoms with Crippen LogP contribution in [0.1, 0.15) is 57.1 Å². The first-order valence-corrected chi connectivity index (χ1v) is 9.24. The molecule has 5 nitrogen and oxygen atoms in total. The van der Waals surface area contributed by atoms with Crippen LogP contribution >= 0.6 is 11.3 Å². The molecule has 4 rings (SSSR count). The van der Waals surface area contributed by atoms with Crippen molar-refractivity contribution in [2.24, 2.45) is 0 Å². The molecule has 1 saturated heterocycles. The minimum atomic E-state index is 0.198. The van der Waals surface area contributed by atoms with Gasteiger partial charge in [0.25, 0.3) is 5.91 Å². The number of rotatable bonds is 2. The van der Waals surface area contributed by atoms with E-state index in [-0.39, 0.29) is 11.9 Å². The summed E-state index contributed by atoms with van der Waals surface area (Å²) in [5.41, 5.74) is 1.40. The molecular formula is C17H22N4OS. The Balaban J connectivity index is 1.52. The molecule has 23 heavy (non-hydrogen) atoms. The Morgan fingerprint density at radius 2 is 2.17 bits per heavy atom. The normalized spacial score (nSPS) is 20.8. The summed E-state index contributed by atoms with van der Waals surface area (Å²) in [5, 5.41) is 4.51. The third-order valence-corrected chi connectivity index (χ3v) is 6.12. The molecule has 0 N–H and O–H groups in total. The smallest absolute Gasteiger partial charge is 0.264 e. The molecule has 1 amide bonds. The van der Waals surface area contributed by atoms with E-state index in [4.69, 9.17) is 0 Å². The second kappa shape index (κ2) is 5.74. The highest BCUT2D eigenvalue weighted by Gasteiger charge is 2.29. The highest BCUT2D eigenvalue weighted by Crippen LogP contribution is 2.32. The van der Waals surface area contributed by atoms with E-state index in [1.165, 1.54) is 16.9 Å². The minimum absolute atomic E-state index is 0.198. The van der Waals surface area contributed by atoms with Gasteiger partial charge in [0.1, 0.15) is 11.6 Å². The third kappa shape index (κ3) is 2.69. The molecule has 1 fully saturated rings. The van der Waals surface area contributed by atoms with E-state index in [1.54, 1.807) is 11.3 Å². The molecule has 0 saturated carbocycles. The lowest BCUT2D eigenvalue weighted by atomic mass is 10.1. The molecule has 6 heteroatoms. The molecule has 0 spiro atoms. The standard InChI is InChI=1S/C17H22N4OS/c1-11-18-12(2)21(19-11)14-6-4-8-20(10-14)17(22)16-9-13-5-3-7-15(13)23-16/h9,14H,3-8,10H2,1-2H3. The molecule has 2 aromatic heterocycles. The fraction of sp³-hybridized carbons (Fsp3) is 0.588. The van der Waals surface area contributed by atoms with Crippen molar-refractivity contribution < 1.29 is 4.79 Å². The van der Waals surface area contributed by atoms with Crippen LogP contribution in [0.15, 0.2) is 6.07 Å². The molecule has 1 atom stereocenters. The van der Waals surface area contributed by atoms with E-state index in [0.29, 0.717) is 0 Å². The number of thiophene rings is 1. The zero-order chi connectivity index (χ0) is 16.0. The number of fused-ring (bicyclic) bond motifs is 1. The van der Waals surface area contributed by atoms with E-state index in [9.17, 15) is 4.79 Å². The summed E-state index contributed by atoms with van der Waals surface area (Å²) in [4.78, 5) is 21.6. The number of piperidine rings is 1. The first-order chi connectivity index (χ1) is 11.1. The lowest BCUT2D eigenvalue weighted by Crippen LogP contribution is -2.41. The maximum Gasteiger partial charge on any atom is 0.264 e. The predicted octanol–water partition coefficient (Wildman–Crippen LogP) is 2.92. The van der Waals surface area contributed by atoms with Gasteiger partial charge in [0.2, 0.25) is 0 Å². The average Bonchev–Trinajstić information content (AvgIpc) is 3.21. The molecule has 1 aliphatic heterocycles. The summed E-state index contributed by atoms with van der Waals surface area (Å²) in [6.45, 7) is 5.50. The number of carbonyl (C=O) groups excluding carboxylic acids is 1. The second-order valence-corrected chi connectivity index (χ2v) is 7.75. The van der Waals surface area contributed by atoms with Crippen molar-refractivity contribution >= 4 is 17.2 Å². The van der Waals surface area contributed by atoms with Crippen molar-refractivity contribution in [2.75, 3.05) is 13.1 Å². The van der Waals surface area contributed by atoms with Crippen molar-refractivity contribution in [3.8, 4) is 0 Å². The van der Waals surface area contributed by atoms with Crippen molar-refractivity contribution in [2.45, 2.75) is 52.0 Å². The number of hydrogen-bond acceptors (Lipinski definition) is 4. The first-order valence-electron chi connectivity index (χ1n) is 8.42. The molecule has 2 aliphatic rings. The van der Waals surface area contributed by atoms with Crippen LogP contribution in [0.2, 0.25) is 0 Å². The van der Waals surface area contributed by atoms with Crippen LogP contribution in [0.5, 0.6) is 0 Å².